The zero-order valence-electron chi connectivity index (χ0n) is 9.39. The van der Waals surface area contributed by atoms with Crippen molar-refractivity contribution < 1.29 is 0 Å². The first-order valence-corrected chi connectivity index (χ1v) is 6.12. The molecule has 1 nitrogen and oxygen atoms in total. The van der Waals surface area contributed by atoms with Crippen LogP contribution in [-0.2, 0) is 0 Å². The molecule has 78 valence electrons. The Morgan fingerprint density at radius 2 is 1.62 bits per heavy atom. The van der Waals surface area contributed by atoms with Gasteiger partial charge in [0.05, 0.1) is 0 Å². The van der Waals surface area contributed by atoms with Crippen molar-refractivity contribution in [1.82, 2.24) is 4.90 Å². The molecular formula is C12H25N. The topological polar surface area (TPSA) is 3.24 Å². The molecule has 0 bridgehead atoms. The Bertz CT molecular complexity index is 114. The van der Waals surface area contributed by atoms with Gasteiger partial charge in [-0.2, -0.15) is 0 Å². The van der Waals surface area contributed by atoms with Crippen LogP contribution in [0.3, 0.4) is 0 Å². The van der Waals surface area contributed by atoms with Gasteiger partial charge in [-0.25, -0.2) is 0 Å². The highest BCUT2D eigenvalue weighted by atomic mass is 15.1. The zero-order valence-corrected chi connectivity index (χ0v) is 9.39. The van der Waals surface area contributed by atoms with E-state index in [9.17, 15) is 0 Å². The molecule has 1 saturated carbocycles. The molecule has 0 radical (unpaired) electrons. The summed E-state index contributed by atoms with van der Waals surface area (Å²) in [5.74, 6) is 0. The predicted octanol–water partition coefficient (Wildman–Crippen LogP) is 3.44. The van der Waals surface area contributed by atoms with Gasteiger partial charge < -0.3 is 4.90 Å². The molecule has 0 aliphatic heterocycles. The van der Waals surface area contributed by atoms with Crippen molar-refractivity contribution in [3.05, 3.63) is 0 Å². The first-order valence-electron chi connectivity index (χ1n) is 6.12. The third kappa shape index (κ3) is 3.68. The lowest BCUT2D eigenvalue weighted by Crippen LogP contribution is -2.35. The van der Waals surface area contributed by atoms with E-state index in [0.29, 0.717) is 0 Å². The maximum Gasteiger partial charge on any atom is 0.00951 e. The molecule has 1 fully saturated rings. The monoisotopic (exact) mass is 183 g/mol. The van der Waals surface area contributed by atoms with Gasteiger partial charge in [-0.3, -0.25) is 0 Å². The highest BCUT2D eigenvalue weighted by Gasteiger charge is 2.17. The van der Waals surface area contributed by atoms with Crippen LogP contribution in [0.5, 0.6) is 0 Å². The Morgan fingerprint density at radius 1 is 1.00 bits per heavy atom. The Labute approximate surface area is 83.5 Å². The predicted molar refractivity (Wildman–Crippen MR) is 59.0 cm³/mol. The second kappa shape index (κ2) is 6.42. The normalized spacial score (nSPS) is 20.5. The van der Waals surface area contributed by atoms with Gasteiger partial charge in [-0.1, -0.05) is 39.5 Å². The smallest absolute Gasteiger partial charge is 0.00951 e. The molecule has 0 aromatic heterocycles. The summed E-state index contributed by atoms with van der Waals surface area (Å²) in [4.78, 5) is 2.69. The van der Waals surface area contributed by atoms with Crippen LogP contribution >= 0.6 is 0 Å². The van der Waals surface area contributed by atoms with Crippen LogP contribution in [0, 0.1) is 0 Å². The molecule has 0 heterocycles. The molecular weight excluding hydrogens is 158 g/mol. The summed E-state index contributed by atoms with van der Waals surface area (Å²) < 4.78 is 0. The molecule has 1 aliphatic rings. The molecule has 0 amide bonds. The Balaban J connectivity index is 2.35. The third-order valence-corrected chi connectivity index (χ3v) is 3.26. The average molecular weight is 183 g/mol. The van der Waals surface area contributed by atoms with E-state index in [0.717, 1.165) is 6.04 Å². The second-order valence-corrected chi connectivity index (χ2v) is 4.27. The van der Waals surface area contributed by atoms with Gasteiger partial charge in [0.15, 0.2) is 0 Å². The standard InChI is InChI=1S/C12H25N/c1-3-11-13(4-2)12-9-7-5-6-8-10-12/h12H,3-11H2,1-2H3. The Hall–Kier alpha value is -0.0400. The van der Waals surface area contributed by atoms with Crippen LogP contribution in [0.2, 0.25) is 0 Å². The fraction of sp³-hybridized carbons (Fsp3) is 1.00. The van der Waals surface area contributed by atoms with Crippen LogP contribution in [0.15, 0.2) is 0 Å². The van der Waals surface area contributed by atoms with Gasteiger partial charge >= 0.3 is 0 Å². The second-order valence-electron chi connectivity index (χ2n) is 4.27. The van der Waals surface area contributed by atoms with Crippen molar-refractivity contribution in [3.63, 3.8) is 0 Å². The summed E-state index contributed by atoms with van der Waals surface area (Å²) in [5, 5.41) is 0. The number of nitrogens with zero attached hydrogens (tertiary/aromatic N) is 1. The number of hydrogen-bond donors (Lipinski definition) is 0. The molecule has 0 unspecified atom stereocenters. The van der Waals surface area contributed by atoms with Crippen LogP contribution in [-0.4, -0.2) is 24.0 Å². The van der Waals surface area contributed by atoms with E-state index in [4.69, 9.17) is 0 Å². The summed E-state index contributed by atoms with van der Waals surface area (Å²) >= 11 is 0. The third-order valence-electron chi connectivity index (χ3n) is 3.26. The summed E-state index contributed by atoms with van der Waals surface area (Å²) in [6, 6.07) is 0.910. The molecule has 0 spiro atoms. The maximum absolute atomic E-state index is 2.69. The van der Waals surface area contributed by atoms with E-state index in [-0.39, 0.29) is 0 Å². The first kappa shape index (κ1) is 11.0. The summed E-state index contributed by atoms with van der Waals surface area (Å²) in [6.07, 6.45) is 10.1. The lowest BCUT2D eigenvalue weighted by Gasteiger charge is -2.29. The van der Waals surface area contributed by atoms with Crippen molar-refractivity contribution in [1.29, 1.82) is 0 Å². The van der Waals surface area contributed by atoms with Crippen LogP contribution < -0.4 is 0 Å². The lowest BCUT2D eigenvalue weighted by molar-refractivity contribution is 0.188. The minimum Gasteiger partial charge on any atom is -0.301 e. The largest absolute Gasteiger partial charge is 0.301 e. The van der Waals surface area contributed by atoms with E-state index in [1.165, 1.54) is 58.0 Å². The molecule has 0 aromatic carbocycles. The molecule has 1 aliphatic carbocycles. The van der Waals surface area contributed by atoms with E-state index in [1.54, 1.807) is 0 Å². The lowest BCUT2D eigenvalue weighted by atomic mass is 10.1. The van der Waals surface area contributed by atoms with Crippen molar-refractivity contribution >= 4 is 0 Å². The Kier molecular flexibility index (Phi) is 5.45. The number of rotatable bonds is 4. The molecule has 0 aromatic rings. The van der Waals surface area contributed by atoms with E-state index < -0.39 is 0 Å². The summed E-state index contributed by atoms with van der Waals surface area (Å²) in [5.41, 5.74) is 0. The fourth-order valence-electron chi connectivity index (χ4n) is 2.51. The van der Waals surface area contributed by atoms with Crippen LogP contribution in [0.4, 0.5) is 0 Å². The van der Waals surface area contributed by atoms with Crippen molar-refractivity contribution in [2.45, 2.75) is 64.8 Å². The van der Waals surface area contributed by atoms with E-state index in [2.05, 4.69) is 18.7 Å². The maximum atomic E-state index is 2.69. The van der Waals surface area contributed by atoms with E-state index in [1.807, 2.05) is 0 Å². The molecule has 1 heteroatoms. The minimum absolute atomic E-state index is 0.910. The van der Waals surface area contributed by atoms with Crippen LogP contribution in [0.1, 0.15) is 58.8 Å². The quantitative estimate of drug-likeness (QED) is 0.603. The molecule has 0 atom stereocenters. The van der Waals surface area contributed by atoms with Gasteiger partial charge in [0.25, 0.3) is 0 Å². The van der Waals surface area contributed by atoms with Gasteiger partial charge in [0, 0.05) is 6.04 Å². The van der Waals surface area contributed by atoms with Gasteiger partial charge in [-0.05, 0) is 32.4 Å². The Morgan fingerprint density at radius 3 is 2.08 bits per heavy atom. The van der Waals surface area contributed by atoms with Crippen molar-refractivity contribution in [2.75, 3.05) is 13.1 Å². The number of hydrogen-bond acceptors (Lipinski definition) is 1. The SMILES string of the molecule is CCCN(CC)C1CCCCCC1. The molecule has 1 rings (SSSR count). The van der Waals surface area contributed by atoms with Crippen molar-refractivity contribution in [2.24, 2.45) is 0 Å². The van der Waals surface area contributed by atoms with Gasteiger partial charge in [0.2, 0.25) is 0 Å². The van der Waals surface area contributed by atoms with Crippen LogP contribution in [0.25, 0.3) is 0 Å². The highest BCUT2D eigenvalue weighted by Crippen LogP contribution is 2.21. The zero-order chi connectivity index (χ0) is 9.52. The van der Waals surface area contributed by atoms with E-state index >= 15 is 0 Å². The molecule has 0 saturated heterocycles. The first-order chi connectivity index (χ1) is 6.38. The molecule has 13 heavy (non-hydrogen) atoms. The summed E-state index contributed by atoms with van der Waals surface area (Å²) in [7, 11) is 0. The fourth-order valence-corrected chi connectivity index (χ4v) is 2.51. The molecule has 0 N–H and O–H groups in total. The van der Waals surface area contributed by atoms with Gasteiger partial charge in [-0.15, -0.1) is 0 Å². The minimum atomic E-state index is 0.910. The average Bonchev–Trinajstić information content (AvgIpc) is 2.42. The summed E-state index contributed by atoms with van der Waals surface area (Å²) in [6.45, 7) is 7.15. The van der Waals surface area contributed by atoms with Crippen molar-refractivity contribution in [3.8, 4) is 0 Å². The van der Waals surface area contributed by atoms with Gasteiger partial charge in [0.1, 0.15) is 0 Å². The highest BCUT2D eigenvalue weighted by molar-refractivity contribution is 4.73.